The molecule has 2 rings (SSSR count). The van der Waals surface area contributed by atoms with Crippen molar-refractivity contribution in [3.63, 3.8) is 0 Å². The lowest BCUT2D eigenvalue weighted by molar-refractivity contribution is -0.137. The van der Waals surface area contributed by atoms with Crippen molar-refractivity contribution in [3.05, 3.63) is 53.3 Å². The van der Waals surface area contributed by atoms with Crippen LogP contribution in [0, 0.1) is 0 Å². The highest BCUT2D eigenvalue weighted by Crippen LogP contribution is 2.29. The van der Waals surface area contributed by atoms with E-state index in [4.69, 9.17) is 0 Å². The quantitative estimate of drug-likeness (QED) is 0.919. The molecule has 1 unspecified atom stereocenters. The summed E-state index contributed by atoms with van der Waals surface area (Å²) >= 11 is 0. The van der Waals surface area contributed by atoms with Crippen molar-refractivity contribution in [3.8, 4) is 0 Å². The van der Waals surface area contributed by atoms with Gasteiger partial charge in [-0.25, -0.2) is 0 Å². The third-order valence-electron chi connectivity index (χ3n) is 3.39. The minimum absolute atomic E-state index is 0.0673. The van der Waals surface area contributed by atoms with Gasteiger partial charge in [0.05, 0.1) is 11.8 Å². The number of benzene rings is 1. The standard InChI is InChI=1S/C15H18F3N3/c1-19-14(8-12-9-20-21(2)10-12)7-11-4-3-5-13(6-11)15(16,17)18/h3-6,9-10,14,19H,7-8H2,1-2H3. The predicted molar refractivity (Wildman–Crippen MR) is 74.9 cm³/mol. The molecular formula is C15H18F3N3. The number of likely N-dealkylation sites (N-methyl/N-ethyl adjacent to an activating group) is 1. The van der Waals surface area contributed by atoms with Crippen molar-refractivity contribution in [2.75, 3.05) is 7.05 Å². The monoisotopic (exact) mass is 297 g/mol. The fourth-order valence-corrected chi connectivity index (χ4v) is 2.30. The van der Waals surface area contributed by atoms with Gasteiger partial charge in [-0.2, -0.15) is 18.3 Å². The Hall–Kier alpha value is -1.82. The van der Waals surface area contributed by atoms with Crippen molar-refractivity contribution in [2.45, 2.75) is 25.1 Å². The van der Waals surface area contributed by atoms with Crippen LogP contribution in [0.2, 0.25) is 0 Å². The van der Waals surface area contributed by atoms with Crippen LogP contribution in [-0.4, -0.2) is 22.9 Å². The molecule has 0 radical (unpaired) electrons. The molecule has 3 nitrogen and oxygen atoms in total. The van der Waals surface area contributed by atoms with Gasteiger partial charge in [0, 0.05) is 19.3 Å². The number of hydrogen-bond donors (Lipinski definition) is 1. The summed E-state index contributed by atoms with van der Waals surface area (Å²) in [6.07, 6.45) is 0.650. The Morgan fingerprint density at radius 1 is 1.24 bits per heavy atom. The van der Waals surface area contributed by atoms with E-state index < -0.39 is 11.7 Å². The number of nitrogens with one attached hydrogen (secondary N) is 1. The number of aromatic nitrogens is 2. The molecule has 0 amide bonds. The third kappa shape index (κ3) is 4.32. The van der Waals surface area contributed by atoms with Gasteiger partial charge in [0.25, 0.3) is 0 Å². The van der Waals surface area contributed by atoms with E-state index in [1.165, 1.54) is 12.1 Å². The smallest absolute Gasteiger partial charge is 0.316 e. The molecule has 1 aromatic heterocycles. The van der Waals surface area contributed by atoms with E-state index in [1.54, 1.807) is 16.9 Å². The first kappa shape index (κ1) is 15.6. The van der Waals surface area contributed by atoms with Crippen LogP contribution >= 0.6 is 0 Å². The molecule has 0 aliphatic carbocycles. The lowest BCUT2D eigenvalue weighted by Crippen LogP contribution is -2.29. The Bertz CT molecular complexity index is 590. The molecule has 1 aromatic carbocycles. The second-order valence-corrected chi connectivity index (χ2v) is 5.11. The average Bonchev–Trinajstić information content (AvgIpc) is 2.83. The van der Waals surface area contributed by atoms with Gasteiger partial charge < -0.3 is 5.32 Å². The Kier molecular flexibility index (Phi) is 4.67. The molecule has 1 heterocycles. The lowest BCUT2D eigenvalue weighted by Gasteiger charge is -2.16. The van der Waals surface area contributed by atoms with E-state index in [9.17, 15) is 13.2 Å². The van der Waals surface area contributed by atoms with Crippen molar-refractivity contribution in [2.24, 2.45) is 7.05 Å². The number of halogens is 3. The summed E-state index contributed by atoms with van der Waals surface area (Å²) in [5.74, 6) is 0. The molecule has 0 fully saturated rings. The number of aryl methyl sites for hydroxylation is 1. The zero-order valence-electron chi connectivity index (χ0n) is 12.0. The molecule has 0 spiro atoms. The number of nitrogens with zero attached hydrogens (tertiary/aromatic N) is 2. The molecule has 6 heteroatoms. The first-order valence-corrected chi connectivity index (χ1v) is 6.69. The maximum Gasteiger partial charge on any atom is 0.416 e. The summed E-state index contributed by atoms with van der Waals surface area (Å²) in [6, 6.07) is 5.56. The minimum Gasteiger partial charge on any atom is -0.316 e. The van der Waals surface area contributed by atoms with Gasteiger partial charge in [-0.15, -0.1) is 0 Å². The molecule has 0 saturated heterocycles. The van der Waals surface area contributed by atoms with Gasteiger partial charge in [-0.05, 0) is 37.1 Å². The normalized spacial score (nSPS) is 13.4. The molecule has 2 aromatic rings. The molecule has 0 aliphatic heterocycles. The van der Waals surface area contributed by atoms with Gasteiger partial charge in [0.15, 0.2) is 0 Å². The van der Waals surface area contributed by atoms with Crippen molar-refractivity contribution in [1.29, 1.82) is 0 Å². The number of hydrogen-bond acceptors (Lipinski definition) is 2. The van der Waals surface area contributed by atoms with Gasteiger partial charge >= 0.3 is 6.18 Å². The molecule has 0 aliphatic rings. The highest BCUT2D eigenvalue weighted by Gasteiger charge is 2.30. The fourth-order valence-electron chi connectivity index (χ4n) is 2.30. The van der Waals surface area contributed by atoms with Crippen LogP contribution in [0.3, 0.4) is 0 Å². The molecule has 21 heavy (non-hydrogen) atoms. The van der Waals surface area contributed by atoms with E-state index in [0.717, 1.165) is 18.1 Å². The van der Waals surface area contributed by atoms with Crippen molar-refractivity contribution < 1.29 is 13.2 Å². The van der Waals surface area contributed by atoms with Crippen LogP contribution in [0.4, 0.5) is 13.2 Å². The molecule has 0 bridgehead atoms. The maximum atomic E-state index is 12.7. The van der Waals surface area contributed by atoms with Crippen molar-refractivity contribution in [1.82, 2.24) is 15.1 Å². The zero-order valence-corrected chi connectivity index (χ0v) is 12.0. The van der Waals surface area contributed by atoms with E-state index in [0.29, 0.717) is 12.0 Å². The largest absolute Gasteiger partial charge is 0.416 e. The maximum absolute atomic E-state index is 12.7. The van der Waals surface area contributed by atoms with Crippen LogP contribution in [0.1, 0.15) is 16.7 Å². The van der Waals surface area contributed by atoms with Gasteiger partial charge in [-0.1, -0.05) is 18.2 Å². The van der Waals surface area contributed by atoms with Crippen LogP contribution < -0.4 is 5.32 Å². The van der Waals surface area contributed by atoms with E-state index in [-0.39, 0.29) is 6.04 Å². The van der Waals surface area contributed by atoms with Crippen LogP contribution in [-0.2, 0) is 26.1 Å². The molecule has 0 saturated carbocycles. The Morgan fingerprint density at radius 3 is 2.52 bits per heavy atom. The van der Waals surface area contributed by atoms with E-state index >= 15 is 0 Å². The van der Waals surface area contributed by atoms with Crippen LogP contribution in [0.15, 0.2) is 36.7 Å². The highest BCUT2D eigenvalue weighted by molar-refractivity contribution is 5.26. The van der Waals surface area contributed by atoms with Crippen LogP contribution in [0.5, 0.6) is 0 Å². The fraction of sp³-hybridized carbons (Fsp3) is 0.400. The molecule has 1 N–H and O–H groups in total. The number of alkyl halides is 3. The van der Waals surface area contributed by atoms with Crippen molar-refractivity contribution >= 4 is 0 Å². The van der Waals surface area contributed by atoms with Gasteiger partial charge in [0.2, 0.25) is 0 Å². The molecular weight excluding hydrogens is 279 g/mol. The third-order valence-corrected chi connectivity index (χ3v) is 3.39. The number of rotatable bonds is 5. The summed E-state index contributed by atoms with van der Waals surface area (Å²) in [6.45, 7) is 0. The Balaban J connectivity index is 2.08. The average molecular weight is 297 g/mol. The van der Waals surface area contributed by atoms with Gasteiger partial charge in [0.1, 0.15) is 0 Å². The Labute approximate surface area is 121 Å². The topological polar surface area (TPSA) is 29.9 Å². The Morgan fingerprint density at radius 2 is 1.95 bits per heavy atom. The highest BCUT2D eigenvalue weighted by atomic mass is 19.4. The molecule has 1 atom stereocenters. The summed E-state index contributed by atoms with van der Waals surface area (Å²) < 4.78 is 39.8. The first-order valence-electron chi connectivity index (χ1n) is 6.69. The summed E-state index contributed by atoms with van der Waals surface area (Å²) in [5.41, 5.74) is 1.13. The van der Waals surface area contributed by atoms with E-state index in [2.05, 4.69) is 10.4 Å². The lowest BCUT2D eigenvalue weighted by atomic mass is 9.99. The molecule has 114 valence electrons. The minimum atomic E-state index is -4.30. The van der Waals surface area contributed by atoms with E-state index in [1.807, 2.05) is 20.3 Å². The summed E-state index contributed by atoms with van der Waals surface area (Å²) in [5, 5.41) is 7.25. The van der Waals surface area contributed by atoms with Gasteiger partial charge in [-0.3, -0.25) is 4.68 Å². The summed E-state index contributed by atoms with van der Waals surface area (Å²) in [7, 11) is 3.65. The SMILES string of the molecule is CNC(Cc1cccc(C(F)(F)F)c1)Cc1cnn(C)c1. The van der Waals surface area contributed by atoms with Crippen LogP contribution in [0.25, 0.3) is 0 Å². The summed E-state index contributed by atoms with van der Waals surface area (Å²) in [4.78, 5) is 0. The second-order valence-electron chi connectivity index (χ2n) is 5.11. The zero-order chi connectivity index (χ0) is 15.5. The predicted octanol–water partition coefficient (Wildman–Crippen LogP) is 2.81. The first-order chi connectivity index (χ1) is 9.88. The second kappa shape index (κ2) is 6.30.